The molecule has 0 aliphatic carbocycles. The molecule has 27 heavy (non-hydrogen) atoms. The van der Waals surface area contributed by atoms with Crippen LogP contribution in [-0.2, 0) is 6.54 Å². The molecule has 0 radical (unpaired) electrons. The summed E-state index contributed by atoms with van der Waals surface area (Å²) in [6.45, 7) is 2.70. The molecule has 1 aliphatic rings. The van der Waals surface area contributed by atoms with E-state index in [1.54, 1.807) is 6.20 Å². The molecular formula is C21H21ClN4O. The van der Waals surface area contributed by atoms with Crippen LogP contribution < -0.4 is 10.2 Å². The van der Waals surface area contributed by atoms with Crippen molar-refractivity contribution >= 4 is 28.9 Å². The number of rotatable bonds is 5. The van der Waals surface area contributed by atoms with E-state index in [4.69, 9.17) is 11.6 Å². The summed E-state index contributed by atoms with van der Waals surface area (Å²) < 4.78 is 1.85. The molecule has 1 N–H and O–H groups in total. The maximum Gasteiger partial charge on any atom is 0.255 e. The number of nitrogens with zero attached hydrogens (tertiary/aromatic N) is 3. The van der Waals surface area contributed by atoms with Crippen molar-refractivity contribution in [1.29, 1.82) is 0 Å². The molecule has 0 atom stereocenters. The van der Waals surface area contributed by atoms with Gasteiger partial charge in [0.15, 0.2) is 0 Å². The first-order valence-corrected chi connectivity index (χ1v) is 9.49. The molecule has 3 aromatic rings. The van der Waals surface area contributed by atoms with Gasteiger partial charge in [-0.15, -0.1) is 0 Å². The smallest absolute Gasteiger partial charge is 0.255 e. The molecule has 0 bridgehead atoms. The van der Waals surface area contributed by atoms with Crippen molar-refractivity contribution in [2.75, 3.05) is 23.3 Å². The zero-order chi connectivity index (χ0) is 18.6. The number of hydrogen-bond acceptors (Lipinski definition) is 3. The average Bonchev–Trinajstić information content (AvgIpc) is 3.36. The van der Waals surface area contributed by atoms with Crippen LogP contribution in [0.3, 0.4) is 0 Å². The number of nitrogens with one attached hydrogen (secondary N) is 1. The number of carbonyl (C=O) groups excluding carboxylic acids is 1. The first-order valence-electron chi connectivity index (χ1n) is 9.11. The third-order valence-electron chi connectivity index (χ3n) is 4.77. The van der Waals surface area contributed by atoms with Crippen LogP contribution in [0.1, 0.15) is 28.8 Å². The summed E-state index contributed by atoms with van der Waals surface area (Å²) in [6, 6.07) is 15.2. The molecule has 4 rings (SSSR count). The van der Waals surface area contributed by atoms with Gasteiger partial charge in [-0.2, -0.15) is 5.10 Å². The van der Waals surface area contributed by atoms with Crippen LogP contribution in [0.4, 0.5) is 11.4 Å². The van der Waals surface area contributed by atoms with E-state index in [0.29, 0.717) is 17.1 Å². The first kappa shape index (κ1) is 17.6. The van der Waals surface area contributed by atoms with Gasteiger partial charge in [0.05, 0.1) is 17.9 Å². The summed E-state index contributed by atoms with van der Waals surface area (Å²) in [5.41, 5.74) is 3.50. The van der Waals surface area contributed by atoms with Gasteiger partial charge in [0.25, 0.3) is 5.91 Å². The molecule has 138 valence electrons. The molecule has 1 aromatic heterocycles. The predicted molar refractivity (Wildman–Crippen MR) is 109 cm³/mol. The number of amides is 1. The third kappa shape index (κ3) is 4.14. The highest BCUT2D eigenvalue weighted by Crippen LogP contribution is 2.31. The fraction of sp³-hybridized carbons (Fsp3) is 0.238. The minimum atomic E-state index is -0.136. The lowest BCUT2D eigenvalue weighted by molar-refractivity contribution is 0.102. The Kier molecular flexibility index (Phi) is 5.12. The fourth-order valence-corrected chi connectivity index (χ4v) is 3.55. The Morgan fingerprint density at radius 1 is 1.11 bits per heavy atom. The summed E-state index contributed by atoms with van der Waals surface area (Å²) in [5, 5.41) is 7.84. The van der Waals surface area contributed by atoms with E-state index < -0.39 is 0 Å². The van der Waals surface area contributed by atoms with E-state index in [2.05, 4.69) is 15.3 Å². The van der Waals surface area contributed by atoms with Gasteiger partial charge in [0.1, 0.15) is 0 Å². The zero-order valence-electron chi connectivity index (χ0n) is 14.9. The van der Waals surface area contributed by atoms with Crippen molar-refractivity contribution in [3.8, 4) is 0 Å². The van der Waals surface area contributed by atoms with Crippen LogP contribution in [0.2, 0.25) is 5.02 Å². The van der Waals surface area contributed by atoms with Crippen LogP contribution in [0.15, 0.2) is 60.9 Å². The number of carbonyl (C=O) groups is 1. The number of hydrogen-bond donors (Lipinski definition) is 1. The average molecular weight is 381 g/mol. The standard InChI is InChI=1S/C21H21ClN4O/c22-18-8-9-20(25-11-1-2-12-25)19(14-18)24-21(27)17-6-4-16(5-7-17)15-26-13-3-10-23-26/h3-10,13-14H,1-2,11-12,15H2,(H,24,27). The van der Waals surface area contributed by atoms with Crippen molar-refractivity contribution < 1.29 is 4.79 Å². The Hall–Kier alpha value is -2.79. The van der Waals surface area contributed by atoms with E-state index in [9.17, 15) is 4.79 Å². The second kappa shape index (κ2) is 7.84. The summed E-state index contributed by atoms with van der Waals surface area (Å²) in [6.07, 6.45) is 6.02. The topological polar surface area (TPSA) is 50.2 Å². The van der Waals surface area contributed by atoms with Crippen LogP contribution in [-0.4, -0.2) is 28.8 Å². The quantitative estimate of drug-likeness (QED) is 0.712. The summed E-state index contributed by atoms with van der Waals surface area (Å²) in [4.78, 5) is 15.0. The Labute approximate surface area is 163 Å². The van der Waals surface area contributed by atoms with Crippen molar-refractivity contribution in [2.45, 2.75) is 19.4 Å². The summed E-state index contributed by atoms with van der Waals surface area (Å²) >= 11 is 6.16. The largest absolute Gasteiger partial charge is 0.370 e. The lowest BCUT2D eigenvalue weighted by Crippen LogP contribution is -2.21. The normalized spacial score (nSPS) is 13.7. The highest BCUT2D eigenvalue weighted by atomic mass is 35.5. The Bertz CT molecular complexity index is 916. The second-order valence-electron chi connectivity index (χ2n) is 6.71. The van der Waals surface area contributed by atoms with E-state index >= 15 is 0 Å². The van der Waals surface area contributed by atoms with Crippen LogP contribution in [0, 0.1) is 0 Å². The Balaban J connectivity index is 1.49. The van der Waals surface area contributed by atoms with Gasteiger partial charge in [-0.05, 0) is 54.8 Å². The van der Waals surface area contributed by atoms with Gasteiger partial charge >= 0.3 is 0 Å². The lowest BCUT2D eigenvalue weighted by atomic mass is 10.1. The summed E-state index contributed by atoms with van der Waals surface area (Å²) in [7, 11) is 0. The minimum Gasteiger partial charge on any atom is -0.370 e. The van der Waals surface area contributed by atoms with Gasteiger partial charge in [0.2, 0.25) is 0 Å². The van der Waals surface area contributed by atoms with E-state index in [1.807, 2.05) is 59.4 Å². The van der Waals surface area contributed by atoms with Crippen molar-refractivity contribution in [1.82, 2.24) is 9.78 Å². The predicted octanol–water partition coefficient (Wildman–Crippen LogP) is 4.44. The van der Waals surface area contributed by atoms with Crippen LogP contribution in [0.25, 0.3) is 0 Å². The lowest BCUT2D eigenvalue weighted by Gasteiger charge is -2.22. The van der Waals surface area contributed by atoms with E-state index in [0.717, 1.165) is 30.0 Å². The van der Waals surface area contributed by atoms with Crippen molar-refractivity contribution in [2.24, 2.45) is 0 Å². The second-order valence-corrected chi connectivity index (χ2v) is 7.15. The molecule has 0 saturated carbocycles. The van der Waals surface area contributed by atoms with Gasteiger partial charge in [-0.25, -0.2) is 0 Å². The Morgan fingerprint density at radius 2 is 1.89 bits per heavy atom. The first-order chi connectivity index (χ1) is 13.2. The monoisotopic (exact) mass is 380 g/mol. The van der Waals surface area contributed by atoms with Gasteiger partial charge in [0, 0.05) is 36.1 Å². The molecule has 2 aromatic carbocycles. The molecule has 1 amide bonds. The molecule has 0 unspecified atom stereocenters. The van der Waals surface area contributed by atoms with Gasteiger partial charge in [-0.3, -0.25) is 9.48 Å². The highest BCUT2D eigenvalue weighted by Gasteiger charge is 2.18. The number of aromatic nitrogens is 2. The van der Waals surface area contributed by atoms with E-state index in [-0.39, 0.29) is 5.91 Å². The van der Waals surface area contributed by atoms with Crippen molar-refractivity contribution in [3.63, 3.8) is 0 Å². The van der Waals surface area contributed by atoms with E-state index in [1.165, 1.54) is 12.8 Å². The zero-order valence-corrected chi connectivity index (χ0v) is 15.7. The molecular weight excluding hydrogens is 360 g/mol. The maximum absolute atomic E-state index is 12.7. The molecule has 5 nitrogen and oxygen atoms in total. The Morgan fingerprint density at radius 3 is 2.59 bits per heavy atom. The minimum absolute atomic E-state index is 0.136. The number of halogens is 1. The molecule has 2 heterocycles. The summed E-state index contributed by atoms with van der Waals surface area (Å²) in [5.74, 6) is -0.136. The fourth-order valence-electron chi connectivity index (χ4n) is 3.38. The van der Waals surface area contributed by atoms with Crippen LogP contribution >= 0.6 is 11.6 Å². The number of anilines is 2. The SMILES string of the molecule is O=C(Nc1cc(Cl)ccc1N1CCCC1)c1ccc(Cn2cccn2)cc1. The molecule has 1 aliphatic heterocycles. The third-order valence-corrected chi connectivity index (χ3v) is 5.01. The highest BCUT2D eigenvalue weighted by molar-refractivity contribution is 6.31. The molecule has 0 spiro atoms. The van der Waals surface area contributed by atoms with Crippen molar-refractivity contribution in [3.05, 3.63) is 77.1 Å². The van der Waals surface area contributed by atoms with Gasteiger partial charge in [-0.1, -0.05) is 23.7 Å². The van der Waals surface area contributed by atoms with Crippen LogP contribution in [0.5, 0.6) is 0 Å². The molecule has 1 fully saturated rings. The molecule has 6 heteroatoms. The number of benzene rings is 2. The maximum atomic E-state index is 12.7. The van der Waals surface area contributed by atoms with Gasteiger partial charge < -0.3 is 10.2 Å². The molecule has 1 saturated heterocycles.